The van der Waals surface area contributed by atoms with Crippen molar-refractivity contribution in [1.29, 1.82) is 0 Å². The Morgan fingerprint density at radius 2 is 1.58 bits per heavy atom. The molecule has 2 aromatic rings. The quantitative estimate of drug-likeness (QED) is 0.561. The Hall–Kier alpha value is -2.99. The molecule has 0 radical (unpaired) electrons. The van der Waals surface area contributed by atoms with Crippen LogP contribution >= 0.6 is 0 Å². The first-order valence-electron chi connectivity index (χ1n) is 13.5. The van der Waals surface area contributed by atoms with Crippen LogP contribution in [0.4, 0.5) is 0 Å². The average Bonchev–Trinajstić information content (AvgIpc) is 3.44. The average molecular weight is 487 g/mol. The largest absolute Gasteiger partial charge is 0.489 e. The molecular formula is C30H34N2O4. The highest BCUT2D eigenvalue weighted by Gasteiger charge is 2.40. The van der Waals surface area contributed by atoms with E-state index < -0.39 is 6.04 Å². The van der Waals surface area contributed by atoms with E-state index in [2.05, 4.69) is 29.2 Å². The molecule has 1 saturated heterocycles. The zero-order valence-corrected chi connectivity index (χ0v) is 20.8. The van der Waals surface area contributed by atoms with E-state index in [1.165, 1.54) is 44.3 Å². The molecule has 188 valence electrons. The number of hydrogen-bond donors (Lipinski definition) is 0. The molecule has 1 amide bonds. The van der Waals surface area contributed by atoms with Crippen LogP contribution in [0.1, 0.15) is 72.0 Å². The number of rotatable bonds is 6. The molecule has 36 heavy (non-hydrogen) atoms. The Balaban J connectivity index is 1.07. The molecule has 2 heterocycles. The Labute approximate surface area is 212 Å². The van der Waals surface area contributed by atoms with Crippen LogP contribution in [-0.2, 0) is 29.3 Å². The van der Waals surface area contributed by atoms with E-state index in [4.69, 9.17) is 4.74 Å². The van der Waals surface area contributed by atoms with E-state index >= 15 is 0 Å². The van der Waals surface area contributed by atoms with E-state index in [1.807, 2.05) is 12.1 Å². The summed E-state index contributed by atoms with van der Waals surface area (Å²) in [5.74, 6) is 2.17. The van der Waals surface area contributed by atoms with E-state index in [1.54, 1.807) is 11.0 Å². The normalized spacial score (nSPS) is 26.3. The monoisotopic (exact) mass is 486 g/mol. The van der Waals surface area contributed by atoms with Crippen molar-refractivity contribution in [2.45, 2.75) is 70.7 Å². The van der Waals surface area contributed by atoms with Crippen LogP contribution in [0.25, 0.3) is 0 Å². The Morgan fingerprint density at radius 3 is 2.31 bits per heavy atom. The molecule has 6 nitrogen and oxygen atoms in total. The molecule has 2 saturated carbocycles. The third kappa shape index (κ3) is 4.59. The molecule has 0 aromatic heterocycles. The maximum absolute atomic E-state index is 13.0. The summed E-state index contributed by atoms with van der Waals surface area (Å²) < 4.78 is 6.17. The minimum Gasteiger partial charge on any atom is -0.489 e. The van der Waals surface area contributed by atoms with Crippen LogP contribution in [0.3, 0.4) is 0 Å². The number of nitrogens with zero attached hydrogens (tertiary/aromatic N) is 2. The summed E-state index contributed by atoms with van der Waals surface area (Å²) in [5.41, 5.74) is 3.86. The van der Waals surface area contributed by atoms with E-state index in [0.29, 0.717) is 37.3 Å². The molecule has 0 spiro atoms. The minimum absolute atomic E-state index is 0.0334. The zero-order chi connectivity index (χ0) is 24.6. The van der Waals surface area contributed by atoms with E-state index in [0.717, 1.165) is 29.5 Å². The van der Waals surface area contributed by atoms with Gasteiger partial charge in [-0.1, -0.05) is 43.2 Å². The predicted octanol–water partition coefficient (Wildman–Crippen LogP) is 4.53. The molecule has 1 unspecified atom stereocenters. The smallest absolute Gasteiger partial charge is 0.255 e. The number of fused-ring (bicyclic) bond motifs is 2. The lowest BCUT2D eigenvalue weighted by molar-refractivity contribution is -0.133. The third-order valence-corrected chi connectivity index (χ3v) is 8.64. The van der Waals surface area contributed by atoms with Gasteiger partial charge < -0.3 is 9.64 Å². The topological polar surface area (TPSA) is 66.9 Å². The Bertz CT molecular complexity index is 1160. The first kappa shape index (κ1) is 23.4. The fourth-order valence-electron chi connectivity index (χ4n) is 6.69. The summed E-state index contributed by atoms with van der Waals surface area (Å²) in [6.45, 7) is 4.28. The number of amides is 1. The fourth-order valence-corrected chi connectivity index (χ4v) is 6.69. The van der Waals surface area contributed by atoms with E-state index in [9.17, 15) is 14.4 Å². The number of carbonyl (C=O) groups is 3. The molecule has 2 aliphatic carbocycles. The first-order chi connectivity index (χ1) is 17.5. The maximum atomic E-state index is 13.0. The summed E-state index contributed by atoms with van der Waals surface area (Å²) in [6, 6.07) is 13.7. The second kappa shape index (κ2) is 9.81. The SMILES string of the molecule is O=C1CCC(N2Cc3c(OCc4ccc(CN5C[C@H]6CCCC[C@H]6C5)cc4)cccc3C2=O)C(=O)C1. The summed E-state index contributed by atoms with van der Waals surface area (Å²) in [7, 11) is 0. The summed E-state index contributed by atoms with van der Waals surface area (Å²) >= 11 is 0. The highest BCUT2D eigenvalue weighted by molar-refractivity contribution is 6.07. The number of hydrogen-bond acceptors (Lipinski definition) is 5. The molecule has 2 aliphatic heterocycles. The van der Waals surface area contributed by atoms with Gasteiger partial charge in [0.15, 0.2) is 5.78 Å². The van der Waals surface area contributed by atoms with Crippen LogP contribution < -0.4 is 4.74 Å². The molecule has 3 atom stereocenters. The highest BCUT2D eigenvalue weighted by Crippen LogP contribution is 2.37. The lowest BCUT2D eigenvalue weighted by atomic mass is 9.82. The van der Waals surface area contributed by atoms with Gasteiger partial charge in [0, 0.05) is 37.2 Å². The summed E-state index contributed by atoms with van der Waals surface area (Å²) in [4.78, 5) is 41.3. The molecule has 4 aliphatic rings. The standard InChI is InChI=1S/C30H34N2O4/c33-24-12-13-27(28(34)14-24)32-18-26-25(30(32)35)6-3-7-29(26)36-19-21-10-8-20(9-11-21)15-31-16-22-4-1-2-5-23(22)17-31/h3,6-11,22-23,27H,1-2,4-5,12-19H2/t22-,23+,27?. The van der Waals surface area contributed by atoms with Crippen LogP contribution in [0.2, 0.25) is 0 Å². The van der Waals surface area contributed by atoms with Gasteiger partial charge in [0.05, 0.1) is 19.0 Å². The van der Waals surface area contributed by atoms with Crippen molar-refractivity contribution in [3.8, 4) is 5.75 Å². The molecule has 0 bridgehead atoms. The number of likely N-dealkylation sites (tertiary alicyclic amines) is 1. The van der Waals surface area contributed by atoms with Gasteiger partial charge in [-0.25, -0.2) is 0 Å². The van der Waals surface area contributed by atoms with Gasteiger partial charge in [-0.3, -0.25) is 19.3 Å². The lowest BCUT2D eigenvalue weighted by Crippen LogP contribution is -2.44. The maximum Gasteiger partial charge on any atom is 0.255 e. The van der Waals surface area contributed by atoms with Gasteiger partial charge in [-0.15, -0.1) is 0 Å². The molecule has 6 rings (SSSR count). The second-order valence-electron chi connectivity index (χ2n) is 11.1. The first-order valence-corrected chi connectivity index (χ1v) is 13.5. The summed E-state index contributed by atoms with van der Waals surface area (Å²) in [6.07, 6.45) is 6.32. The summed E-state index contributed by atoms with van der Waals surface area (Å²) in [5, 5.41) is 0. The molecule has 6 heteroatoms. The van der Waals surface area contributed by atoms with Crippen molar-refractivity contribution in [2.24, 2.45) is 11.8 Å². The Morgan fingerprint density at radius 1 is 0.861 bits per heavy atom. The van der Waals surface area contributed by atoms with Gasteiger partial charge >= 0.3 is 0 Å². The number of benzene rings is 2. The molecule has 3 fully saturated rings. The molecule has 2 aromatic carbocycles. The number of carbonyl (C=O) groups excluding carboxylic acids is 3. The molecule has 0 N–H and O–H groups in total. The van der Waals surface area contributed by atoms with Crippen molar-refractivity contribution in [2.75, 3.05) is 13.1 Å². The highest BCUT2D eigenvalue weighted by atomic mass is 16.5. The van der Waals surface area contributed by atoms with E-state index in [-0.39, 0.29) is 23.9 Å². The lowest BCUT2D eigenvalue weighted by Gasteiger charge is -2.29. The van der Waals surface area contributed by atoms with Crippen LogP contribution in [-0.4, -0.2) is 46.4 Å². The number of Topliss-reactive ketones (excluding diaryl/α,β-unsaturated/α-hetero) is 2. The van der Waals surface area contributed by atoms with Gasteiger partial charge in [-0.05, 0) is 54.4 Å². The number of ether oxygens (including phenoxy) is 1. The zero-order valence-electron chi connectivity index (χ0n) is 20.8. The van der Waals surface area contributed by atoms with Gasteiger partial charge in [-0.2, -0.15) is 0 Å². The van der Waals surface area contributed by atoms with Crippen LogP contribution in [0, 0.1) is 11.8 Å². The minimum atomic E-state index is -0.512. The Kier molecular flexibility index (Phi) is 6.38. The van der Waals surface area contributed by atoms with Crippen molar-refractivity contribution in [3.63, 3.8) is 0 Å². The van der Waals surface area contributed by atoms with Crippen LogP contribution in [0.15, 0.2) is 42.5 Å². The van der Waals surface area contributed by atoms with Gasteiger partial charge in [0.1, 0.15) is 18.1 Å². The van der Waals surface area contributed by atoms with Crippen molar-refractivity contribution in [1.82, 2.24) is 9.80 Å². The fraction of sp³-hybridized carbons (Fsp3) is 0.500. The van der Waals surface area contributed by atoms with Gasteiger partial charge in [0.25, 0.3) is 5.91 Å². The number of ketones is 2. The molecular weight excluding hydrogens is 452 g/mol. The van der Waals surface area contributed by atoms with Crippen LogP contribution in [0.5, 0.6) is 5.75 Å². The van der Waals surface area contributed by atoms with Gasteiger partial charge in [0.2, 0.25) is 0 Å². The predicted molar refractivity (Wildman–Crippen MR) is 135 cm³/mol. The van der Waals surface area contributed by atoms with Crippen molar-refractivity contribution >= 4 is 17.5 Å². The van der Waals surface area contributed by atoms with Crippen molar-refractivity contribution < 1.29 is 19.1 Å². The third-order valence-electron chi connectivity index (χ3n) is 8.64. The second-order valence-corrected chi connectivity index (χ2v) is 11.1. The van der Waals surface area contributed by atoms with Crippen molar-refractivity contribution in [3.05, 3.63) is 64.7 Å².